The Balaban J connectivity index is 2.74. The van der Waals surface area contributed by atoms with E-state index in [1.165, 1.54) is 0 Å². The quantitative estimate of drug-likeness (QED) is 0.441. The third-order valence-electron chi connectivity index (χ3n) is 1.49. The van der Waals surface area contributed by atoms with Crippen LogP contribution >= 0.6 is 11.6 Å². The van der Waals surface area contributed by atoms with Crippen LogP contribution in [-0.2, 0) is 0 Å². The van der Waals surface area contributed by atoms with Gasteiger partial charge < -0.3 is 5.11 Å². The van der Waals surface area contributed by atoms with Gasteiger partial charge in [-0.05, 0) is 12.0 Å². The molecule has 0 saturated carbocycles. The second-order valence-electron chi connectivity index (χ2n) is 2.26. The van der Waals surface area contributed by atoms with Gasteiger partial charge in [0.05, 0.1) is 12.0 Å². The van der Waals surface area contributed by atoms with Crippen molar-refractivity contribution in [1.29, 1.82) is 0 Å². The van der Waals surface area contributed by atoms with E-state index in [0.717, 1.165) is 12.0 Å². The van der Waals surface area contributed by atoms with Gasteiger partial charge in [-0.3, -0.25) is 0 Å². The van der Waals surface area contributed by atoms with Gasteiger partial charge in [-0.1, -0.05) is 17.6 Å². The maximum atomic E-state index is 8.73. The average Bonchev–Trinajstić information content (AvgIpc) is 1.94. The van der Waals surface area contributed by atoms with Gasteiger partial charge in [-0.2, -0.15) is 0 Å². The molecule has 10 heavy (non-hydrogen) atoms. The van der Waals surface area contributed by atoms with E-state index >= 15 is 0 Å². The molecule has 2 radical (unpaired) electrons. The Kier molecular flexibility index (Phi) is 2.58. The highest BCUT2D eigenvalue weighted by Crippen LogP contribution is 2.19. The van der Waals surface area contributed by atoms with Crippen LogP contribution in [0.1, 0.15) is 6.42 Å². The summed E-state index contributed by atoms with van der Waals surface area (Å²) in [5.74, 6) is 0. The van der Waals surface area contributed by atoms with Crippen LogP contribution in [0.4, 0.5) is 0 Å². The van der Waals surface area contributed by atoms with Gasteiger partial charge in [-0.15, -0.1) is 11.6 Å². The van der Waals surface area contributed by atoms with Crippen molar-refractivity contribution in [2.24, 2.45) is 0 Å². The van der Waals surface area contributed by atoms with E-state index in [4.69, 9.17) is 24.6 Å². The standard InChI is InChI=1S/C7H8BClO/c8-7-2-1-6(9)3-5(7)4-10/h2-3,6,10H,1,4H2. The predicted octanol–water partition coefficient (Wildman–Crippen LogP) is 0.969. The molecular formula is C7H8BClO. The van der Waals surface area contributed by atoms with Crippen molar-refractivity contribution in [2.75, 3.05) is 6.61 Å². The Morgan fingerprint density at radius 3 is 3.00 bits per heavy atom. The Morgan fingerprint density at radius 1 is 1.80 bits per heavy atom. The summed E-state index contributed by atoms with van der Waals surface area (Å²) in [6, 6.07) is 0. The van der Waals surface area contributed by atoms with Gasteiger partial charge in [0.15, 0.2) is 0 Å². The lowest BCUT2D eigenvalue weighted by Crippen LogP contribution is -2.06. The van der Waals surface area contributed by atoms with Crippen LogP contribution in [0.15, 0.2) is 23.2 Å². The normalized spacial score (nSPS) is 25.6. The molecule has 0 heterocycles. The number of alkyl halides is 1. The first-order valence-corrected chi connectivity index (χ1v) is 3.59. The van der Waals surface area contributed by atoms with Crippen LogP contribution < -0.4 is 0 Å². The molecule has 0 aromatic heterocycles. The van der Waals surface area contributed by atoms with Gasteiger partial charge in [0, 0.05) is 0 Å². The Hall–Kier alpha value is -0.205. The maximum absolute atomic E-state index is 8.73. The average molecular weight is 154 g/mol. The topological polar surface area (TPSA) is 20.2 Å². The fourth-order valence-corrected chi connectivity index (χ4v) is 1.14. The highest BCUT2D eigenvalue weighted by atomic mass is 35.5. The summed E-state index contributed by atoms with van der Waals surface area (Å²) in [4.78, 5) is 0. The SMILES string of the molecule is [B]C1=CCC(Cl)C=C1CO. The number of aliphatic hydroxyl groups excluding tert-OH is 1. The number of aliphatic hydroxyl groups is 1. The number of allylic oxidation sites excluding steroid dienone is 2. The number of rotatable bonds is 1. The van der Waals surface area contributed by atoms with Gasteiger partial charge in [0.1, 0.15) is 7.85 Å². The fourth-order valence-electron chi connectivity index (χ4n) is 0.897. The molecule has 1 rings (SSSR count). The lowest BCUT2D eigenvalue weighted by molar-refractivity contribution is 0.333. The van der Waals surface area contributed by atoms with Crippen LogP contribution in [-0.4, -0.2) is 24.9 Å². The van der Waals surface area contributed by atoms with Crippen LogP contribution in [0.2, 0.25) is 0 Å². The molecule has 1 nitrogen and oxygen atoms in total. The summed E-state index contributed by atoms with van der Waals surface area (Å²) in [6.07, 6.45) is 4.39. The van der Waals surface area contributed by atoms with E-state index in [2.05, 4.69) is 0 Å². The summed E-state index contributed by atoms with van der Waals surface area (Å²) in [7, 11) is 5.53. The third-order valence-corrected chi connectivity index (χ3v) is 1.79. The zero-order chi connectivity index (χ0) is 7.56. The molecule has 1 unspecified atom stereocenters. The monoisotopic (exact) mass is 154 g/mol. The lowest BCUT2D eigenvalue weighted by atomic mass is 9.84. The van der Waals surface area contributed by atoms with Crippen molar-refractivity contribution in [3.63, 3.8) is 0 Å². The zero-order valence-electron chi connectivity index (χ0n) is 5.55. The van der Waals surface area contributed by atoms with E-state index in [-0.39, 0.29) is 12.0 Å². The van der Waals surface area contributed by atoms with Crippen molar-refractivity contribution in [2.45, 2.75) is 11.8 Å². The lowest BCUT2D eigenvalue weighted by Gasteiger charge is -2.13. The highest BCUT2D eigenvalue weighted by molar-refractivity contribution is 6.26. The second kappa shape index (κ2) is 3.26. The molecule has 0 fully saturated rings. The maximum Gasteiger partial charge on any atom is 0.113 e. The first-order valence-electron chi connectivity index (χ1n) is 3.15. The van der Waals surface area contributed by atoms with E-state index in [1.807, 2.05) is 6.08 Å². The van der Waals surface area contributed by atoms with Gasteiger partial charge in [0.25, 0.3) is 0 Å². The van der Waals surface area contributed by atoms with Crippen molar-refractivity contribution in [1.82, 2.24) is 0 Å². The molecule has 52 valence electrons. The highest BCUT2D eigenvalue weighted by Gasteiger charge is 2.08. The summed E-state index contributed by atoms with van der Waals surface area (Å²) in [5, 5.41) is 8.73. The second-order valence-corrected chi connectivity index (χ2v) is 2.82. The van der Waals surface area contributed by atoms with Crippen molar-refractivity contribution in [3.05, 3.63) is 23.2 Å². The molecule has 0 amide bonds. The van der Waals surface area contributed by atoms with Crippen LogP contribution in [0.25, 0.3) is 0 Å². The van der Waals surface area contributed by atoms with Crippen LogP contribution in [0.5, 0.6) is 0 Å². The van der Waals surface area contributed by atoms with Crippen LogP contribution in [0, 0.1) is 0 Å². The molecule has 3 heteroatoms. The molecule has 0 saturated heterocycles. The van der Waals surface area contributed by atoms with Crippen molar-refractivity contribution >= 4 is 19.4 Å². The Bertz CT molecular complexity index is 186. The van der Waals surface area contributed by atoms with E-state index in [1.54, 1.807) is 6.08 Å². The molecule has 0 aromatic carbocycles. The molecule has 1 atom stereocenters. The van der Waals surface area contributed by atoms with Gasteiger partial charge in [-0.25, -0.2) is 0 Å². The minimum Gasteiger partial charge on any atom is -0.392 e. The van der Waals surface area contributed by atoms with E-state index in [9.17, 15) is 0 Å². The third kappa shape index (κ3) is 1.64. The molecular weight excluding hydrogens is 146 g/mol. The molecule has 0 aliphatic heterocycles. The molecule has 0 bridgehead atoms. The van der Waals surface area contributed by atoms with Crippen molar-refractivity contribution < 1.29 is 5.11 Å². The summed E-state index contributed by atoms with van der Waals surface area (Å²) in [5.41, 5.74) is 1.39. The number of hydrogen-bond acceptors (Lipinski definition) is 1. The smallest absolute Gasteiger partial charge is 0.113 e. The number of halogens is 1. The van der Waals surface area contributed by atoms with E-state index in [0.29, 0.717) is 5.47 Å². The summed E-state index contributed by atoms with van der Waals surface area (Å²) in [6.45, 7) is -0.0223. The summed E-state index contributed by atoms with van der Waals surface area (Å²) >= 11 is 5.77. The van der Waals surface area contributed by atoms with E-state index < -0.39 is 0 Å². The predicted molar refractivity (Wildman–Crippen MR) is 43.3 cm³/mol. The summed E-state index contributed by atoms with van der Waals surface area (Å²) < 4.78 is 0. The Labute approximate surface area is 66.8 Å². The molecule has 0 spiro atoms. The molecule has 1 aliphatic carbocycles. The fraction of sp³-hybridized carbons (Fsp3) is 0.429. The molecule has 0 aromatic rings. The largest absolute Gasteiger partial charge is 0.392 e. The van der Waals surface area contributed by atoms with Crippen molar-refractivity contribution in [3.8, 4) is 0 Å². The first-order chi connectivity index (χ1) is 4.74. The van der Waals surface area contributed by atoms with Crippen LogP contribution in [0.3, 0.4) is 0 Å². The van der Waals surface area contributed by atoms with Gasteiger partial charge in [0.2, 0.25) is 0 Å². The molecule has 1 aliphatic rings. The molecule has 1 N–H and O–H groups in total. The Morgan fingerprint density at radius 2 is 2.50 bits per heavy atom. The zero-order valence-corrected chi connectivity index (χ0v) is 6.30. The minimum absolute atomic E-state index is 0.00514. The number of hydrogen-bond donors (Lipinski definition) is 1. The first kappa shape index (κ1) is 7.90. The van der Waals surface area contributed by atoms with Gasteiger partial charge >= 0.3 is 0 Å². The minimum atomic E-state index is -0.0223.